The first kappa shape index (κ1) is 27.1. The van der Waals surface area contributed by atoms with Gasteiger partial charge in [-0.3, -0.25) is 9.36 Å². The zero-order chi connectivity index (χ0) is 26.9. The minimum Gasteiger partial charge on any atom is -0.467 e. The van der Waals surface area contributed by atoms with Crippen molar-refractivity contribution < 1.29 is 32.2 Å². The van der Waals surface area contributed by atoms with Crippen molar-refractivity contribution >= 4 is 34.8 Å². The summed E-state index contributed by atoms with van der Waals surface area (Å²) in [6, 6.07) is 5.45. The molecule has 3 rings (SSSR count). The van der Waals surface area contributed by atoms with Gasteiger partial charge in [-0.2, -0.15) is 17.9 Å². The molecule has 8 nitrogen and oxygen atoms in total. The van der Waals surface area contributed by atoms with Crippen molar-refractivity contribution in [3.63, 3.8) is 0 Å². The SMILES string of the molecule is C#C[C@H](Oc1cc(-n2nc([C@H](C)O)n(C)c2=O)c(F)cc1C(=O)Nc1c(Cl)cccc1Cl)C(F)(F)F. The lowest BCUT2D eigenvalue weighted by Crippen LogP contribution is -2.33. The van der Waals surface area contributed by atoms with Gasteiger partial charge in [0.05, 0.1) is 21.3 Å². The Morgan fingerprint density at radius 3 is 2.39 bits per heavy atom. The van der Waals surface area contributed by atoms with Crippen molar-refractivity contribution in [2.75, 3.05) is 5.32 Å². The number of anilines is 1. The Morgan fingerprint density at radius 1 is 1.28 bits per heavy atom. The minimum absolute atomic E-state index is 0.00195. The van der Waals surface area contributed by atoms with Crippen molar-refractivity contribution in [2.24, 2.45) is 7.05 Å². The Balaban J connectivity index is 2.19. The first-order valence-electron chi connectivity index (χ1n) is 9.89. The van der Waals surface area contributed by atoms with Crippen molar-refractivity contribution in [3.8, 4) is 23.8 Å². The molecule has 0 radical (unpaired) electrons. The summed E-state index contributed by atoms with van der Waals surface area (Å²) in [6.07, 6.45) is -4.15. The van der Waals surface area contributed by atoms with Crippen LogP contribution in [0.25, 0.3) is 5.69 Å². The number of ether oxygens (including phenoxy) is 1. The number of benzene rings is 2. The number of para-hydroxylation sites is 1. The maximum Gasteiger partial charge on any atom is 0.437 e. The van der Waals surface area contributed by atoms with E-state index < -0.39 is 52.8 Å². The van der Waals surface area contributed by atoms with E-state index in [0.29, 0.717) is 16.8 Å². The average Bonchev–Trinajstić information content (AvgIpc) is 3.08. The molecule has 36 heavy (non-hydrogen) atoms. The van der Waals surface area contributed by atoms with Gasteiger partial charge in [0.1, 0.15) is 23.4 Å². The van der Waals surface area contributed by atoms with Gasteiger partial charge in [0.15, 0.2) is 5.82 Å². The number of hydrogen-bond donors (Lipinski definition) is 2. The predicted molar refractivity (Wildman–Crippen MR) is 123 cm³/mol. The lowest BCUT2D eigenvalue weighted by Gasteiger charge is -2.20. The van der Waals surface area contributed by atoms with Gasteiger partial charge in [-0.15, -0.1) is 11.5 Å². The molecule has 0 bridgehead atoms. The summed E-state index contributed by atoms with van der Waals surface area (Å²) >= 11 is 12.0. The predicted octanol–water partition coefficient (Wildman–Crippen LogP) is 4.27. The summed E-state index contributed by atoms with van der Waals surface area (Å²) < 4.78 is 61.4. The van der Waals surface area contributed by atoms with Crippen LogP contribution in [0.2, 0.25) is 10.0 Å². The van der Waals surface area contributed by atoms with Crippen LogP contribution in [0.5, 0.6) is 5.75 Å². The van der Waals surface area contributed by atoms with Crippen molar-refractivity contribution in [1.29, 1.82) is 0 Å². The van der Waals surface area contributed by atoms with Gasteiger partial charge in [0, 0.05) is 13.1 Å². The third-order valence-corrected chi connectivity index (χ3v) is 5.43. The number of alkyl halides is 3. The number of aliphatic hydroxyl groups is 1. The van der Waals surface area contributed by atoms with Gasteiger partial charge in [-0.05, 0) is 25.1 Å². The number of amides is 1. The first-order valence-corrected chi connectivity index (χ1v) is 10.6. The monoisotopic (exact) mass is 546 g/mol. The summed E-state index contributed by atoms with van der Waals surface area (Å²) in [4.78, 5) is 25.5. The molecule has 0 aliphatic rings. The van der Waals surface area contributed by atoms with Crippen LogP contribution in [0.1, 0.15) is 29.2 Å². The van der Waals surface area contributed by atoms with E-state index in [1.54, 1.807) is 0 Å². The molecule has 0 saturated carbocycles. The van der Waals surface area contributed by atoms with Crippen LogP contribution in [0.3, 0.4) is 0 Å². The van der Waals surface area contributed by atoms with Crippen LogP contribution in [0.4, 0.5) is 23.2 Å². The number of halogens is 6. The number of hydrogen-bond acceptors (Lipinski definition) is 5. The fraction of sp³-hybridized carbons (Fsp3) is 0.227. The molecule has 0 aliphatic carbocycles. The zero-order valence-electron chi connectivity index (χ0n) is 18.4. The lowest BCUT2D eigenvalue weighted by molar-refractivity contribution is -0.177. The minimum atomic E-state index is -5.05. The van der Waals surface area contributed by atoms with E-state index in [4.69, 9.17) is 34.4 Å². The Morgan fingerprint density at radius 2 is 1.89 bits per heavy atom. The molecule has 0 aliphatic heterocycles. The molecule has 0 saturated heterocycles. The summed E-state index contributed by atoms with van der Waals surface area (Å²) in [5, 5.41) is 15.9. The topological polar surface area (TPSA) is 98.4 Å². The summed E-state index contributed by atoms with van der Waals surface area (Å²) in [5.41, 5.74) is -2.40. The molecule has 1 aromatic heterocycles. The summed E-state index contributed by atoms with van der Waals surface area (Å²) in [7, 11) is 1.25. The van der Waals surface area contributed by atoms with Gasteiger partial charge in [0.25, 0.3) is 12.0 Å². The third-order valence-electron chi connectivity index (χ3n) is 4.80. The van der Waals surface area contributed by atoms with Crippen LogP contribution in [0, 0.1) is 18.2 Å². The number of aromatic nitrogens is 3. The fourth-order valence-electron chi connectivity index (χ4n) is 3.07. The Bertz CT molecular complexity index is 1410. The molecule has 0 spiro atoms. The van der Waals surface area contributed by atoms with Crippen LogP contribution in [0.15, 0.2) is 35.1 Å². The van der Waals surface area contributed by atoms with Crippen molar-refractivity contribution in [2.45, 2.75) is 25.3 Å². The fourth-order valence-corrected chi connectivity index (χ4v) is 3.57. The highest BCUT2D eigenvalue weighted by Gasteiger charge is 2.41. The molecule has 3 aromatic rings. The smallest absolute Gasteiger partial charge is 0.437 e. The number of aliphatic hydroxyl groups excluding tert-OH is 1. The van der Waals surface area contributed by atoms with Gasteiger partial charge in [0.2, 0.25) is 0 Å². The van der Waals surface area contributed by atoms with Crippen LogP contribution >= 0.6 is 23.2 Å². The Labute approximate surface area is 211 Å². The highest BCUT2D eigenvalue weighted by Crippen LogP contribution is 2.34. The molecule has 14 heteroatoms. The van der Waals surface area contributed by atoms with E-state index in [1.807, 2.05) is 0 Å². The normalized spacial score (nSPS) is 13.1. The van der Waals surface area contributed by atoms with Gasteiger partial charge >= 0.3 is 11.9 Å². The van der Waals surface area contributed by atoms with Crippen LogP contribution in [-0.4, -0.2) is 37.6 Å². The lowest BCUT2D eigenvalue weighted by atomic mass is 10.1. The highest BCUT2D eigenvalue weighted by atomic mass is 35.5. The molecule has 1 amide bonds. The standard InChI is InChI=1S/C22H16Cl2F4N4O4/c1-4-17(22(26,27)28)36-16-9-15(32-21(35)31(3)19(30-32)10(2)33)14(25)8-11(16)20(34)29-18-12(23)6-5-7-13(18)24/h1,5-10,17,33H,2-3H3,(H,29,34)/t10-,17-/m0/s1. The van der Waals surface area contributed by atoms with Crippen LogP contribution < -0.4 is 15.7 Å². The van der Waals surface area contributed by atoms with E-state index in [-0.39, 0.29) is 21.6 Å². The second-order valence-corrected chi connectivity index (χ2v) is 8.16. The molecular formula is C22H16Cl2F4N4O4. The third kappa shape index (κ3) is 5.33. The molecule has 2 aromatic carbocycles. The second kappa shape index (κ2) is 10.2. The maximum absolute atomic E-state index is 15.1. The van der Waals surface area contributed by atoms with E-state index in [1.165, 1.54) is 38.1 Å². The van der Waals surface area contributed by atoms with E-state index in [0.717, 1.165) is 4.57 Å². The number of rotatable bonds is 6. The molecule has 2 N–H and O–H groups in total. The average molecular weight is 547 g/mol. The molecule has 1 heterocycles. The maximum atomic E-state index is 15.1. The van der Waals surface area contributed by atoms with Gasteiger partial charge in [-0.25, -0.2) is 9.18 Å². The number of carbonyl (C=O) groups is 1. The quantitative estimate of drug-likeness (QED) is 0.355. The van der Waals surface area contributed by atoms with Crippen molar-refractivity contribution in [3.05, 3.63) is 68.1 Å². The number of carbonyl (C=O) groups excluding carboxylic acids is 1. The molecule has 0 fully saturated rings. The first-order chi connectivity index (χ1) is 16.8. The number of nitrogens with one attached hydrogen (secondary N) is 1. The van der Waals surface area contributed by atoms with Crippen molar-refractivity contribution in [1.82, 2.24) is 14.3 Å². The largest absolute Gasteiger partial charge is 0.467 e. The zero-order valence-corrected chi connectivity index (χ0v) is 19.9. The number of nitrogens with zero attached hydrogens (tertiary/aromatic N) is 3. The molecule has 0 unspecified atom stereocenters. The second-order valence-electron chi connectivity index (χ2n) is 7.34. The molecular weight excluding hydrogens is 531 g/mol. The highest BCUT2D eigenvalue weighted by molar-refractivity contribution is 6.40. The Kier molecular flexibility index (Phi) is 7.68. The summed E-state index contributed by atoms with van der Waals surface area (Å²) in [5.74, 6) is -1.93. The Hall–Kier alpha value is -3.53. The summed E-state index contributed by atoms with van der Waals surface area (Å²) in [6.45, 7) is 1.30. The van der Waals surface area contributed by atoms with E-state index in [2.05, 4.69) is 10.4 Å². The van der Waals surface area contributed by atoms with E-state index >= 15 is 4.39 Å². The molecule has 2 atom stereocenters. The number of terminal acetylenes is 1. The molecule has 190 valence electrons. The van der Waals surface area contributed by atoms with Gasteiger partial charge < -0.3 is 15.2 Å². The van der Waals surface area contributed by atoms with Crippen LogP contribution in [-0.2, 0) is 7.05 Å². The van der Waals surface area contributed by atoms with Gasteiger partial charge in [-0.1, -0.05) is 35.2 Å². The van der Waals surface area contributed by atoms with E-state index in [9.17, 15) is 27.9 Å².